The van der Waals surface area contributed by atoms with Crippen LogP contribution in [0.3, 0.4) is 0 Å². The monoisotopic (exact) mass is 231 g/mol. The lowest BCUT2D eigenvalue weighted by Gasteiger charge is -2.06. The molecule has 1 unspecified atom stereocenters. The highest BCUT2D eigenvalue weighted by atomic mass is 31.4. The lowest BCUT2D eigenvalue weighted by atomic mass is 15.9. The molecule has 0 aliphatic carbocycles. The summed E-state index contributed by atoms with van der Waals surface area (Å²) >= 11 is 0. The van der Waals surface area contributed by atoms with Gasteiger partial charge in [0.25, 0.3) is 0 Å². The van der Waals surface area contributed by atoms with Gasteiger partial charge in [0.1, 0.15) is 0 Å². The van der Waals surface area contributed by atoms with Crippen molar-refractivity contribution in [3.8, 4) is 0 Å². The van der Waals surface area contributed by atoms with Crippen LogP contribution < -0.4 is 4.89 Å². The topological polar surface area (TPSA) is 40.1 Å². The van der Waals surface area contributed by atoms with Gasteiger partial charge in [-0.05, 0) is 0 Å². The molecule has 1 aliphatic rings. The summed E-state index contributed by atoms with van der Waals surface area (Å²) in [6, 6.07) is 0. The van der Waals surface area contributed by atoms with Crippen LogP contribution in [0.4, 0.5) is 0 Å². The molecule has 0 aromatic heterocycles. The van der Waals surface area contributed by atoms with Gasteiger partial charge in [-0.1, -0.05) is 4.57 Å². The van der Waals surface area contributed by atoms with Crippen LogP contribution in [-0.2, 0) is 4.57 Å². The quantitative estimate of drug-likeness (QED) is 0.363. The Bertz CT molecular complexity index is 108. The normalized spacial score (nSPS) is 23.9. The first kappa shape index (κ1) is 8.46. The largest absolute Gasteiger partial charge is 0.610 e. The molecule has 0 aromatic carbocycles. The lowest BCUT2D eigenvalue weighted by Crippen LogP contribution is -2.47. The van der Waals surface area contributed by atoms with Crippen molar-refractivity contribution in [1.82, 2.24) is 0 Å². The third kappa shape index (κ3) is 2.84. The molecular weight excluding hydrogens is 231 g/mol. The predicted molar refractivity (Wildman–Crippen MR) is 42.1 cm³/mol. The molecule has 9 heteroatoms. The van der Waals surface area contributed by atoms with E-state index in [1.165, 1.54) is 0 Å². The van der Waals surface area contributed by atoms with E-state index in [1.807, 2.05) is 0 Å². The van der Waals surface area contributed by atoms with Crippen LogP contribution in [0.5, 0.6) is 0 Å². The number of hydrogen-bond donors (Lipinski definition) is 0. The summed E-state index contributed by atoms with van der Waals surface area (Å²) in [6.45, 7) is 0. The van der Waals surface area contributed by atoms with Gasteiger partial charge >= 0.3 is 7.50 Å². The second-order valence-corrected chi connectivity index (χ2v) is 28.2. The molecule has 0 spiro atoms. The molecule has 1 heterocycles. The molecule has 0 bridgehead atoms. The molecule has 11 radical (unpaired) electrons. The van der Waals surface area contributed by atoms with Gasteiger partial charge < -0.3 is 4.89 Å². The van der Waals surface area contributed by atoms with Crippen LogP contribution in [0.2, 0.25) is 0 Å². The van der Waals surface area contributed by atoms with Gasteiger partial charge in [-0.2, -0.15) is 0 Å². The Hall–Kier alpha value is 1.36. The highest BCUT2D eigenvalue weighted by Gasteiger charge is 2.30. The lowest BCUT2D eigenvalue weighted by molar-refractivity contribution is -0.158. The molecule has 0 saturated carbocycles. The summed E-state index contributed by atoms with van der Waals surface area (Å²) in [5.74, 6) is 0. The molecule has 0 aromatic rings. The second kappa shape index (κ2) is 4.28. The molecule has 9 heavy (non-hydrogen) atoms. The summed E-state index contributed by atoms with van der Waals surface area (Å²) < 4.78 is 10.5. The summed E-state index contributed by atoms with van der Waals surface area (Å²) in [5.41, 5.74) is 0. The Balaban J connectivity index is 2.31. The zero-order valence-electron chi connectivity index (χ0n) is 4.26. The van der Waals surface area contributed by atoms with E-state index in [4.69, 9.17) is 0 Å². The van der Waals surface area contributed by atoms with E-state index in [0.717, 1.165) is 42.8 Å². The fourth-order valence-electron chi connectivity index (χ4n) is 0.335. The first-order valence-electron chi connectivity index (χ1n) is 2.09. The molecule has 1 atom stereocenters. The van der Waals surface area contributed by atoms with Crippen LogP contribution >= 0.6 is 7.58 Å². The van der Waals surface area contributed by atoms with E-state index in [-0.39, 0.29) is 0 Å². The fourth-order valence-corrected chi connectivity index (χ4v) is 66.5. The summed E-state index contributed by atoms with van der Waals surface area (Å²) in [6.07, 6.45) is 0. The van der Waals surface area contributed by atoms with Crippen LogP contribution in [0.1, 0.15) is 0 Å². The maximum atomic E-state index is 10.5. The average Bonchev–Trinajstić information content (AvgIpc) is 1.90. The van der Waals surface area contributed by atoms with E-state index in [1.54, 1.807) is 0 Å². The predicted octanol–water partition coefficient (Wildman–Crippen LogP) is -2.73. The molecule has 0 N–H and O–H groups in total. The van der Waals surface area contributed by atoms with E-state index < -0.39 is 15.1 Å². The van der Waals surface area contributed by atoms with Gasteiger partial charge in [0.2, 0.25) is 7.58 Å². The van der Waals surface area contributed by atoms with Crippen LogP contribution in [-0.4, -0.2) is 50.3 Å². The number of rotatable bonds is 1. The van der Waals surface area contributed by atoms with Crippen LogP contribution in [0.15, 0.2) is 0 Å². The van der Waals surface area contributed by atoms with Gasteiger partial charge in [0, 0.05) is 25.7 Å². The minimum atomic E-state index is -1.97. The standard InChI is InChI=1S/O2PSi6/c1-3(2)9-7-5-4-6-8-9. The minimum absolute atomic E-state index is 0.824. The zero-order valence-corrected chi connectivity index (χ0v) is 11.2. The summed E-state index contributed by atoms with van der Waals surface area (Å²) in [4.78, 5) is 10.5. The van der Waals surface area contributed by atoms with Crippen molar-refractivity contribution in [3.05, 3.63) is 0 Å². The SMILES string of the molecule is O=[P+]([O-])[Si]1[Si][Si][Si][Si][Si]1. The maximum absolute atomic E-state index is 10.5. The zero-order chi connectivity index (χ0) is 6.69. The Morgan fingerprint density at radius 1 is 1.22 bits per heavy atom. The second-order valence-electron chi connectivity index (χ2n) is 1.23. The first-order valence-corrected chi connectivity index (χ1v) is 16.6. The average molecular weight is 231 g/mol. The van der Waals surface area contributed by atoms with Crippen LogP contribution in [0, 0.1) is 0 Å². The smallest absolute Gasteiger partial charge is 0.317 e. The Kier molecular flexibility index (Phi) is 4.03. The Morgan fingerprint density at radius 2 is 1.78 bits per heavy atom. The fraction of sp³-hybridized carbons (Fsp3) is 0. The van der Waals surface area contributed by atoms with Gasteiger partial charge in [-0.15, -0.1) is 0 Å². The van der Waals surface area contributed by atoms with Crippen molar-refractivity contribution >= 4 is 57.8 Å². The van der Waals surface area contributed by atoms with E-state index >= 15 is 0 Å². The third-order valence-corrected chi connectivity index (χ3v) is 44.4. The van der Waals surface area contributed by atoms with Crippen molar-refractivity contribution in [2.24, 2.45) is 0 Å². The van der Waals surface area contributed by atoms with Gasteiger partial charge in [0.15, 0.2) is 0 Å². The highest BCUT2D eigenvalue weighted by Crippen LogP contribution is 2.10. The van der Waals surface area contributed by atoms with Gasteiger partial charge in [-0.25, -0.2) is 0 Å². The molecule has 41 valence electrons. The summed E-state index contributed by atoms with van der Waals surface area (Å²) in [5, 5.41) is 0. The molecule has 1 fully saturated rings. The molecule has 2 nitrogen and oxygen atoms in total. The van der Waals surface area contributed by atoms with Crippen molar-refractivity contribution in [2.45, 2.75) is 0 Å². The van der Waals surface area contributed by atoms with Crippen molar-refractivity contribution in [1.29, 1.82) is 0 Å². The van der Waals surface area contributed by atoms with Crippen molar-refractivity contribution < 1.29 is 9.46 Å². The molecule has 1 saturated heterocycles. The van der Waals surface area contributed by atoms with Gasteiger partial charge in [0.05, 0.1) is 17.1 Å². The van der Waals surface area contributed by atoms with E-state index in [0.29, 0.717) is 0 Å². The van der Waals surface area contributed by atoms with Crippen molar-refractivity contribution in [2.75, 3.05) is 0 Å². The van der Waals surface area contributed by atoms with Crippen LogP contribution in [0.25, 0.3) is 0 Å². The summed E-state index contributed by atoms with van der Waals surface area (Å²) in [7, 11) is 2.02. The molecule has 1 rings (SSSR count). The first-order chi connectivity index (χ1) is 4.30. The Labute approximate surface area is 67.4 Å². The van der Waals surface area contributed by atoms with E-state index in [9.17, 15) is 9.46 Å². The molecule has 0 amide bonds. The van der Waals surface area contributed by atoms with Crippen molar-refractivity contribution in [3.63, 3.8) is 0 Å². The Morgan fingerprint density at radius 3 is 2.11 bits per heavy atom. The maximum Gasteiger partial charge on any atom is 0.317 e. The molecular formula is O2PSi6. The molecule has 1 aliphatic heterocycles. The third-order valence-electron chi connectivity index (χ3n) is 0.669. The highest BCUT2D eigenvalue weighted by molar-refractivity contribution is 8.06. The van der Waals surface area contributed by atoms with E-state index in [2.05, 4.69) is 0 Å². The minimum Gasteiger partial charge on any atom is -0.610 e. The number of hydrogen-bond acceptors (Lipinski definition) is 2. The van der Waals surface area contributed by atoms with Gasteiger partial charge in [-0.3, -0.25) is 0 Å².